The molecular weight excluding hydrogens is 342 g/mol. The van der Waals surface area contributed by atoms with Crippen molar-refractivity contribution in [1.82, 2.24) is 0 Å². The molecule has 0 atom stereocenters. The van der Waals surface area contributed by atoms with Crippen molar-refractivity contribution in [2.75, 3.05) is 32.8 Å². The minimum atomic E-state index is -1.14. The molecule has 26 heavy (non-hydrogen) atoms. The van der Waals surface area contributed by atoms with Crippen LogP contribution in [0.2, 0.25) is 0 Å². The molecule has 0 radical (unpaired) electrons. The molecule has 2 aromatic rings. The molecule has 0 aromatic heterocycles. The van der Waals surface area contributed by atoms with Gasteiger partial charge in [0.25, 0.3) is 0 Å². The topological polar surface area (TPSA) is 103 Å². The molecule has 0 saturated carbocycles. The van der Waals surface area contributed by atoms with E-state index in [0.29, 0.717) is 28.7 Å². The zero-order valence-corrected chi connectivity index (χ0v) is 14.4. The Hall–Kier alpha value is -3.26. The number of hydrogen-bond donors (Lipinski definition) is 2. The number of carboxylic acids is 1. The standard InChI is InChI=1S/C18H19NO7/c1-23-13-4-6-14(7-5-13)26-16-9-12(3-8-15(16)24-2)19-17(20)10-25-11-18(21)22/h3-9H,10-11H2,1-2H3,(H,19,20)(H,21,22). The van der Waals surface area contributed by atoms with Gasteiger partial charge in [-0.05, 0) is 36.4 Å². The summed E-state index contributed by atoms with van der Waals surface area (Å²) in [5.74, 6) is 0.538. The summed E-state index contributed by atoms with van der Waals surface area (Å²) >= 11 is 0. The minimum Gasteiger partial charge on any atom is -0.497 e. The number of methoxy groups -OCH3 is 2. The van der Waals surface area contributed by atoms with Gasteiger partial charge in [-0.2, -0.15) is 0 Å². The third-order valence-electron chi connectivity index (χ3n) is 3.19. The predicted octanol–water partition coefficient (Wildman–Crippen LogP) is 2.54. The Morgan fingerprint density at radius 2 is 1.62 bits per heavy atom. The van der Waals surface area contributed by atoms with Crippen molar-refractivity contribution in [1.29, 1.82) is 0 Å². The normalized spacial score (nSPS) is 10.1. The van der Waals surface area contributed by atoms with E-state index >= 15 is 0 Å². The van der Waals surface area contributed by atoms with Crippen LogP contribution < -0.4 is 19.5 Å². The van der Waals surface area contributed by atoms with Crippen LogP contribution in [0.25, 0.3) is 0 Å². The van der Waals surface area contributed by atoms with Gasteiger partial charge in [0.05, 0.1) is 14.2 Å². The first-order chi connectivity index (χ1) is 12.5. The van der Waals surface area contributed by atoms with E-state index in [1.54, 1.807) is 49.6 Å². The molecule has 8 heteroatoms. The lowest BCUT2D eigenvalue weighted by molar-refractivity contribution is -0.143. The lowest BCUT2D eigenvalue weighted by Gasteiger charge is -2.13. The zero-order chi connectivity index (χ0) is 18.9. The molecule has 138 valence electrons. The lowest BCUT2D eigenvalue weighted by atomic mass is 10.2. The van der Waals surface area contributed by atoms with E-state index in [4.69, 9.17) is 24.1 Å². The Morgan fingerprint density at radius 3 is 2.23 bits per heavy atom. The van der Waals surface area contributed by atoms with Gasteiger partial charge in [0.15, 0.2) is 11.5 Å². The number of ether oxygens (including phenoxy) is 4. The molecule has 0 spiro atoms. The van der Waals surface area contributed by atoms with Crippen molar-refractivity contribution in [3.8, 4) is 23.0 Å². The number of rotatable bonds is 9. The average Bonchev–Trinajstić information content (AvgIpc) is 2.62. The van der Waals surface area contributed by atoms with Gasteiger partial charge in [-0.15, -0.1) is 0 Å². The Morgan fingerprint density at radius 1 is 0.923 bits per heavy atom. The minimum absolute atomic E-state index is 0.368. The maximum Gasteiger partial charge on any atom is 0.329 e. The molecule has 0 aliphatic carbocycles. The summed E-state index contributed by atoms with van der Waals surface area (Å²) in [6.45, 7) is -0.908. The molecule has 0 saturated heterocycles. The van der Waals surface area contributed by atoms with E-state index < -0.39 is 18.5 Å². The average molecular weight is 361 g/mol. The van der Waals surface area contributed by atoms with E-state index in [1.807, 2.05) is 0 Å². The van der Waals surface area contributed by atoms with E-state index in [1.165, 1.54) is 7.11 Å². The van der Waals surface area contributed by atoms with Crippen LogP contribution in [0.5, 0.6) is 23.0 Å². The third-order valence-corrected chi connectivity index (χ3v) is 3.19. The summed E-state index contributed by atoms with van der Waals surface area (Å²) in [5, 5.41) is 11.1. The van der Waals surface area contributed by atoms with Gasteiger partial charge in [-0.25, -0.2) is 4.79 Å². The fraction of sp³-hybridized carbons (Fsp3) is 0.222. The van der Waals surface area contributed by atoms with Crippen LogP contribution in [0.15, 0.2) is 42.5 Å². The first-order valence-electron chi connectivity index (χ1n) is 7.61. The molecule has 1 amide bonds. The first kappa shape index (κ1) is 19.1. The molecule has 0 fully saturated rings. The van der Waals surface area contributed by atoms with E-state index in [0.717, 1.165) is 0 Å². The molecular formula is C18H19NO7. The largest absolute Gasteiger partial charge is 0.497 e. The SMILES string of the molecule is COc1ccc(Oc2cc(NC(=O)COCC(=O)O)ccc2OC)cc1. The number of nitrogens with one attached hydrogen (secondary N) is 1. The van der Waals surface area contributed by atoms with Gasteiger partial charge < -0.3 is 29.4 Å². The summed E-state index contributed by atoms with van der Waals surface area (Å²) in [4.78, 5) is 22.1. The Balaban J connectivity index is 2.06. The highest BCUT2D eigenvalue weighted by Gasteiger charge is 2.10. The number of carbonyl (C=O) groups excluding carboxylic acids is 1. The van der Waals surface area contributed by atoms with E-state index in [2.05, 4.69) is 5.32 Å². The summed E-state index contributed by atoms with van der Waals surface area (Å²) in [7, 11) is 3.08. The van der Waals surface area contributed by atoms with Gasteiger partial charge in [0, 0.05) is 11.8 Å². The second kappa shape index (κ2) is 9.28. The summed E-state index contributed by atoms with van der Waals surface area (Å²) in [6, 6.07) is 11.9. The Labute approximate surface area is 150 Å². The van der Waals surface area contributed by atoms with Crippen LogP contribution in [0.3, 0.4) is 0 Å². The summed E-state index contributed by atoms with van der Waals surface area (Å²) in [6.07, 6.45) is 0. The Bertz CT molecular complexity index is 759. The van der Waals surface area contributed by atoms with Gasteiger partial charge in [0.2, 0.25) is 5.91 Å². The van der Waals surface area contributed by atoms with Gasteiger partial charge in [-0.3, -0.25) is 4.79 Å². The van der Waals surface area contributed by atoms with Crippen molar-refractivity contribution >= 4 is 17.6 Å². The molecule has 2 aromatic carbocycles. The number of amides is 1. The number of carboxylic acid groups (broad SMARTS) is 1. The predicted molar refractivity (Wildman–Crippen MR) is 93.1 cm³/mol. The van der Waals surface area contributed by atoms with Crippen molar-refractivity contribution < 1.29 is 33.6 Å². The monoisotopic (exact) mass is 361 g/mol. The second-order valence-electron chi connectivity index (χ2n) is 5.08. The van der Waals surface area contributed by atoms with Gasteiger partial charge in [0.1, 0.15) is 24.7 Å². The molecule has 0 bridgehead atoms. The van der Waals surface area contributed by atoms with Gasteiger partial charge in [-0.1, -0.05) is 0 Å². The highest BCUT2D eigenvalue weighted by atomic mass is 16.5. The van der Waals surface area contributed by atoms with E-state index in [-0.39, 0.29) is 6.61 Å². The van der Waals surface area contributed by atoms with E-state index in [9.17, 15) is 9.59 Å². The van der Waals surface area contributed by atoms with Crippen LogP contribution in [-0.2, 0) is 14.3 Å². The zero-order valence-electron chi connectivity index (χ0n) is 14.4. The quantitative estimate of drug-likeness (QED) is 0.707. The summed E-state index contributed by atoms with van der Waals surface area (Å²) in [5.41, 5.74) is 0.457. The molecule has 8 nitrogen and oxygen atoms in total. The molecule has 0 heterocycles. The van der Waals surface area contributed by atoms with Crippen molar-refractivity contribution in [3.05, 3.63) is 42.5 Å². The van der Waals surface area contributed by atoms with Crippen LogP contribution in [-0.4, -0.2) is 44.4 Å². The first-order valence-corrected chi connectivity index (χ1v) is 7.61. The van der Waals surface area contributed by atoms with Crippen molar-refractivity contribution in [2.45, 2.75) is 0 Å². The number of aliphatic carboxylic acids is 1. The molecule has 0 aliphatic rings. The maximum absolute atomic E-state index is 11.8. The summed E-state index contributed by atoms with van der Waals surface area (Å²) < 4.78 is 20.9. The molecule has 2 N–H and O–H groups in total. The molecule has 0 aliphatic heterocycles. The fourth-order valence-corrected chi connectivity index (χ4v) is 2.03. The van der Waals surface area contributed by atoms with Crippen LogP contribution in [0.1, 0.15) is 0 Å². The molecule has 0 unspecified atom stereocenters. The third kappa shape index (κ3) is 5.67. The van der Waals surface area contributed by atoms with Crippen LogP contribution in [0, 0.1) is 0 Å². The smallest absolute Gasteiger partial charge is 0.329 e. The van der Waals surface area contributed by atoms with Crippen molar-refractivity contribution in [2.24, 2.45) is 0 Å². The molecule has 2 rings (SSSR count). The Kier molecular flexibility index (Phi) is 6.81. The highest BCUT2D eigenvalue weighted by Crippen LogP contribution is 2.34. The van der Waals surface area contributed by atoms with Crippen LogP contribution in [0.4, 0.5) is 5.69 Å². The number of anilines is 1. The fourth-order valence-electron chi connectivity index (χ4n) is 2.03. The lowest BCUT2D eigenvalue weighted by Crippen LogP contribution is -2.20. The maximum atomic E-state index is 11.8. The highest BCUT2D eigenvalue weighted by molar-refractivity contribution is 5.92. The van der Waals surface area contributed by atoms with Gasteiger partial charge >= 0.3 is 5.97 Å². The number of carbonyl (C=O) groups is 2. The number of benzene rings is 2. The second-order valence-corrected chi connectivity index (χ2v) is 5.08. The number of hydrogen-bond acceptors (Lipinski definition) is 6. The van der Waals surface area contributed by atoms with Crippen molar-refractivity contribution in [3.63, 3.8) is 0 Å². The van der Waals surface area contributed by atoms with Crippen LogP contribution >= 0.6 is 0 Å².